The quantitative estimate of drug-likeness (QED) is 0.763. The Kier molecular flexibility index (Phi) is 6.18. The lowest BCUT2D eigenvalue weighted by molar-refractivity contribution is -0.137. The van der Waals surface area contributed by atoms with Crippen molar-refractivity contribution < 1.29 is 19.4 Å². The van der Waals surface area contributed by atoms with Gasteiger partial charge in [-0.15, -0.1) is 11.3 Å². The summed E-state index contributed by atoms with van der Waals surface area (Å²) in [4.78, 5) is 24.8. The average Bonchev–Trinajstić information content (AvgIpc) is 2.84. The number of ether oxygens (including phenoxy) is 1. The van der Waals surface area contributed by atoms with Gasteiger partial charge in [0.25, 0.3) is 0 Å². The van der Waals surface area contributed by atoms with Crippen molar-refractivity contribution in [2.24, 2.45) is 0 Å². The number of benzene rings is 1. The number of amides is 1. The van der Waals surface area contributed by atoms with E-state index in [4.69, 9.17) is 9.84 Å². The van der Waals surface area contributed by atoms with Crippen LogP contribution in [0.5, 0.6) is 0 Å². The minimum atomic E-state index is -0.990. The van der Waals surface area contributed by atoms with Gasteiger partial charge in [0.2, 0.25) is 0 Å². The molecule has 1 heterocycles. The molecule has 0 fully saturated rings. The SMILES string of the molecule is Cc1cc(Br)c(C(CC(=O)O)NC(=O)OCc2ccccc2)s1. The highest BCUT2D eigenvalue weighted by Gasteiger charge is 2.23. The Morgan fingerprint density at radius 1 is 1.35 bits per heavy atom. The van der Waals surface area contributed by atoms with Crippen LogP contribution in [0.1, 0.15) is 27.8 Å². The fourth-order valence-corrected chi connectivity index (χ4v) is 4.01. The number of hydrogen-bond acceptors (Lipinski definition) is 4. The summed E-state index contributed by atoms with van der Waals surface area (Å²) < 4.78 is 5.94. The predicted octanol–water partition coefficient (Wildman–Crippen LogP) is 4.26. The standard InChI is InChI=1S/C16H16BrNO4S/c1-10-7-12(17)15(23-10)13(8-14(19)20)18-16(21)22-9-11-5-3-2-4-6-11/h2-7,13H,8-9H2,1H3,(H,18,21)(H,19,20). The van der Waals surface area contributed by atoms with Crippen LogP contribution in [0.3, 0.4) is 0 Å². The first kappa shape index (κ1) is 17.5. The van der Waals surface area contributed by atoms with Crippen LogP contribution in [0.25, 0.3) is 0 Å². The summed E-state index contributed by atoms with van der Waals surface area (Å²) in [6, 6.07) is 10.5. The van der Waals surface area contributed by atoms with Crippen LogP contribution in [0.4, 0.5) is 4.79 Å². The summed E-state index contributed by atoms with van der Waals surface area (Å²) in [5.41, 5.74) is 0.866. The van der Waals surface area contributed by atoms with Gasteiger partial charge >= 0.3 is 12.1 Å². The molecule has 0 saturated carbocycles. The van der Waals surface area contributed by atoms with Gasteiger partial charge < -0.3 is 15.2 Å². The molecule has 23 heavy (non-hydrogen) atoms. The zero-order valence-electron chi connectivity index (χ0n) is 12.4. The normalized spacial score (nSPS) is 11.7. The van der Waals surface area contributed by atoms with E-state index in [0.717, 1.165) is 19.8 Å². The monoisotopic (exact) mass is 397 g/mol. The zero-order valence-corrected chi connectivity index (χ0v) is 14.8. The first-order chi connectivity index (χ1) is 11.0. The number of carboxylic acids is 1. The molecule has 1 unspecified atom stereocenters. The van der Waals surface area contributed by atoms with Gasteiger partial charge in [-0.25, -0.2) is 4.79 Å². The van der Waals surface area contributed by atoms with Crippen molar-refractivity contribution in [1.29, 1.82) is 0 Å². The number of thiophene rings is 1. The molecule has 5 nitrogen and oxygen atoms in total. The molecule has 2 aromatic rings. The van der Waals surface area contributed by atoms with Gasteiger partial charge in [0.1, 0.15) is 6.61 Å². The number of aliphatic carboxylic acids is 1. The van der Waals surface area contributed by atoms with Gasteiger partial charge in [-0.05, 0) is 34.5 Å². The number of alkyl carbamates (subject to hydrolysis) is 1. The maximum Gasteiger partial charge on any atom is 0.407 e. The molecule has 2 N–H and O–H groups in total. The van der Waals surface area contributed by atoms with Crippen molar-refractivity contribution in [3.8, 4) is 0 Å². The molecule has 7 heteroatoms. The van der Waals surface area contributed by atoms with E-state index in [2.05, 4.69) is 21.2 Å². The lowest BCUT2D eigenvalue weighted by atomic mass is 10.2. The Morgan fingerprint density at radius 2 is 2.04 bits per heavy atom. The Morgan fingerprint density at radius 3 is 2.61 bits per heavy atom. The highest BCUT2D eigenvalue weighted by atomic mass is 79.9. The van der Waals surface area contributed by atoms with Crippen LogP contribution in [0.2, 0.25) is 0 Å². The van der Waals surface area contributed by atoms with Gasteiger partial charge in [-0.2, -0.15) is 0 Å². The highest BCUT2D eigenvalue weighted by molar-refractivity contribution is 9.10. The van der Waals surface area contributed by atoms with Crippen LogP contribution in [0.15, 0.2) is 40.9 Å². The lowest BCUT2D eigenvalue weighted by Gasteiger charge is -2.16. The molecule has 0 spiro atoms. The molecule has 1 aromatic carbocycles. The van der Waals surface area contributed by atoms with Crippen LogP contribution >= 0.6 is 27.3 Å². The second-order valence-electron chi connectivity index (χ2n) is 4.93. The molecule has 1 amide bonds. The first-order valence-electron chi connectivity index (χ1n) is 6.90. The molecule has 0 aliphatic rings. The van der Waals surface area contributed by atoms with Gasteiger partial charge in [0.15, 0.2) is 0 Å². The summed E-state index contributed by atoms with van der Waals surface area (Å²) in [6.07, 6.45) is -0.850. The number of carboxylic acid groups (broad SMARTS) is 1. The van der Waals surface area contributed by atoms with Crippen LogP contribution in [-0.2, 0) is 16.1 Å². The third kappa shape index (κ3) is 5.37. The van der Waals surface area contributed by atoms with Gasteiger partial charge in [0, 0.05) is 14.2 Å². The van der Waals surface area contributed by atoms with E-state index in [9.17, 15) is 9.59 Å². The summed E-state index contributed by atoms with van der Waals surface area (Å²) in [5.74, 6) is -0.990. The number of aryl methyl sites for hydroxylation is 1. The average molecular weight is 398 g/mol. The Hall–Kier alpha value is -1.86. The molecule has 1 atom stereocenters. The highest BCUT2D eigenvalue weighted by Crippen LogP contribution is 2.33. The molecule has 0 radical (unpaired) electrons. The second-order valence-corrected chi connectivity index (χ2v) is 7.07. The summed E-state index contributed by atoms with van der Waals surface area (Å²) >= 11 is 4.84. The summed E-state index contributed by atoms with van der Waals surface area (Å²) in [6.45, 7) is 2.06. The van der Waals surface area contributed by atoms with Crippen molar-refractivity contribution >= 4 is 39.3 Å². The Bertz CT molecular complexity index is 687. The number of carbonyl (C=O) groups is 2. The third-order valence-electron chi connectivity index (χ3n) is 3.04. The molecule has 122 valence electrons. The Balaban J connectivity index is 2.01. The molecule has 1 aromatic heterocycles. The molecule has 0 saturated heterocycles. The van der Waals surface area contributed by atoms with E-state index in [0.29, 0.717) is 0 Å². The number of rotatable bonds is 6. The van der Waals surface area contributed by atoms with E-state index in [-0.39, 0.29) is 13.0 Å². The number of hydrogen-bond donors (Lipinski definition) is 2. The van der Waals surface area contributed by atoms with Crippen LogP contribution < -0.4 is 5.32 Å². The van der Waals surface area contributed by atoms with Crippen molar-refractivity contribution in [3.63, 3.8) is 0 Å². The fraction of sp³-hybridized carbons (Fsp3) is 0.250. The topological polar surface area (TPSA) is 75.6 Å². The van der Waals surface area contributed by atoms with Gasteiger partial charge in [-0.1, -0.05) is 30.3 Å². The molecule has 2 rings (SSSR count). The van der Waals surface area contributed by atoms with Gasteiger partial charge in [-0.3, -0.25) is 4.79 Å². The smallest absolute Gasteiger partial charge is 0.407 e. The van der Waals surface area contributed by atoms with E-state index in [1.54, 1.807) is 0 Å². The van der Waals surface area contributed by atoms with Crippen LogP contribution in [-0.4, -0.2) is 17.2 Å². The van der Waals surface area contributed by atoms with Crippen molar-refractivity contribution in [2.75, 3.05) is 0 Å². The minimum Gasteiger partial charge on any atom is -0.481 e. The molecule has 0 aliphatic carbocycles. The number of carbonyl (C=O) groups excluding carboxylic acids is 1. The molecule has 0 bridgehead atoms. The maximum atomic E-state index is 12.0. The van der Waals surface area contributed by atoms with Crippen molar-refractivity contribution in [1.82, 2.24) is 5.32 Å². The van der Waals surface area contributed by atoms with Gasteiger partial charge in [0.05, 0.1) is 12.5 Å². The van der Waals surface area contributed by atoms with E-state index < -0.39 is 18.1 Å². The van der Waals surface area contributed by atoms with Crippen molar-refractivity contribution in [2.45, 2.75) is 26.0 Å². The minimum absolute atomic E-state index is 0.136. The number of halogens is 1. The van der Waals surface area contributed by atoms with E-state index in [1.165, 1.54) is 11.3 Å². The second kappa shape index (κ2) is 8.12. The van der Waals surface area contributed by atoms with E-state index >= 15 is 0 Å². The summed E-state index contributed by atoms with van der Waals surface area (Å²) in [7, 11) is 0. The van der Waals surface area contributed by atoms with Crippen LogP contribution in [0, 0.1) is 6.92 Å². The largest absolute Gasteiger partial charge is 0.481 e. The lowest BCUT2D eigenvalue weighted by Crippen LogP contribution is -2.30. The molecular formula is C16H16BrNO4S. The maximum absolute atomic E-state index is 12.0. The molecule has 0 aliphatic heterocycles. The molecular weight excluding hydrogens is 382 g/mol. The van der Waals surface area contributed by atoms with Crippen molar-refractivity contribution in [3.05, 3.63) is 56.2 Å². The predicted molar refractivity (Wildman–Crippen MR) is 91.5 cm³/mol. The zero-order chi connectivity index (χ0) is 16.8. The summed E-state index contributed by atoms with van der Waals surface area (Å²) in [5, 5.41) is 11.7. The first-order valence-corrected chi connectivity index (χ1v) is 8.51. The third-order valence-corrected chi connectivity index (χ3v) is 5.12. The fourth-order valence-electron chi connectivity index (χ4n) is 2.03. The Labute approximate surface area is 146 Å². The number of nitrogens with one attached hydrogen (secondary N) is 1. The van der Waals surface area contributed by atoms with E-state index in [1.807, 2.05) is 43.3 Å².